The topological polar surface area (TPSA) is 105 Å². The Bertz CT molecular complexity index is 2590. The lowest BCUT2D eigenvalue weighted by molar-refractivity contribution is -0.126. The van der Waals surface area contributed by atoms with E-state index in [1.165, 1.54) is 16.7 Å². The molecular formula is C55H61BrN2O6. The second-order valence-electron chi connectivity index (χ2n) is 19.1. The Hall–Kier alpha value is -5.67. The highest BCUT2D eigenvalue weighted by Gasteiger charge is 2.45. The summed E-state index contributed by atoms with van der Waals surface area (Å²) in [7, 11) is 0. The minimum atomic E-state index is -0.529. The Morgan fingerprint density at radius 3 is 1.44 bits per heavy atom. The van der Waals surface area contributed by atoms with Crippen molar-refractivity contribution < 1.29 is 28.7 Å². The number of ether oxygens (including phenoxy) is 2. The standard InChI is InChI=1S/C29H32N2O3.C26H29BrO3/c1-6-34-27(33)21-11-8-20(9-12-21)10-13-22-16-25-24(17-23(22)19-31-15-7-14-30-31)28(2,3)18-26(32)29(25,4)5;1-6-30-24(29)18-10-7-17(8-11-18)9-12-19-13-22-21(14-20(19)16-27)25(2,3)15-23(28)26(22,4)5/h7-17H,6,18-19H2,1-5H3;7-14H,6,15-16H2,1-5H3/b13-10+;12-9+. The number of carbonyl (C=O) groups excluding carboxylic acids is 4. The van der Waals surface area contributed by atoms with Gasteiger partial charge in [-0.3, -0.25) is 14.3 Å². The van der Waals surface area contributed by atoms with Crippen LogP contribution >= 0.6 is 15.9 Å². The van der Waals surface area contributed by atoms with E-state index in [1.54, 1.807) is 44.3 Å². The summed E-state index contributed by atoms with van der Waals surface area (Å²) in [5.74, 6) is -0.0621. The van der Waals surface area contributed by atoms with Gasteiger partial charge in [0.1, 0.15) is 11.6 Å². The van der Waals surface area contributed by atoms with Crippen molar-refractivity contribution >= 4 is 63.7 Å². The molecular weight excluding hydrogens is 865 g/mol. The molecule has 0 atom stereocenters. The van der Waals surface area contributed by atoms with Gasteiger partial charge in [0.2, 0.25) is 0 Å². The van der Waals surface area contributed by atoms with Crippen LogP contribution in [0.4, 0.5) is 0 Å². The maximum atomic E-state index is 13.0. The van der Waals surface area contributed by atoms with E-state index in [2.05, 4.69) is 85.1 Å². The number of esters is 2. The number of hydrogen-bond acceptors (Lipinski definition) is 7. The molecule has 0 bridgehead atoms. The van der Waals surface area contributed by atoms with Crippen LogP contribution < -0.4 is 0 Å². The van der Waals surface area contributed by atoms with Gasteiger partial charge in [0.05, 0.1) is 30.9 Å². The lowest BCUT2D eigenvalue weighted by atomic mass is 9.62. The molecule has 9 heteroatoms. The number of fused-ring (bicyclic) bond motifs is 2. The van der Waals surface area contributed by atoms with E-state index in [9.17, 15) is 19.2 Å². The van der Waals surface area contributed by atoms with Crippen molar-refractivity contribution in [3.8, 4) is 0 Å². The van der Waals surface area contributed by atoms with Gasteiger partial charge in [-0.05, 0) is 138 Å². The lowest BCUT2D eigenvalue weighted by Crippen LogP contribution is -2.42. The second-order valence-corrected chi connectivity index (χ2v) is 19.7. The lowest BCUT2D eigenvalue weighted by Gasteiger charge is -2.41. The number of nitrogens with zero attached hydrogens (tertiary/aromatic N) is 2. The molecule has 0 radical (unpaired) electrons. The molecule has 64 heavy (non-hydrogen) atoms. The van der Waals surface area contributed by atoms with E-state index in [-0.39, 0.29) is 34.3 Å². The van der Waals surface area contributed by atoms with Crippen molar-refractivity contribution in [2.45, 2.75) is 116 Å². The first-order valence-corrected chi connectivity index (χ1v) is 23.2. The van der Waals surface area contributed by atoms with E-state index in [1.807, 2.05) is 81.1 Å². The van der Waals surface area contributed by atoms with Crippen molar-refractivity contribution in [3.05, 3.63) is 158 Å². The summed E-state index contributed by atoms with van der Waals surface area (Å²) < 4.78 is 12.0. The van der Waals surface area contributed by atoms with Crippen molar-refractivity contribution in [2.75, 3.05) is 13.2 Å². The van der Waals surface area contributed by atoms with Gasteiger partial charge in [-0.15, -0.1) is 0 Å². The third kappa shape index (κ3) is 10.3. The molecule has 2 aliphatic carbocycles. The molecule has 0 amide bonds. The number of hydrogen-bond donors (Lipinski definition) is 0. The smallest absolute Gasteiger partial charge is 0.338 e. The van der Waals surface area contributed by atoms with Crippen LogP contribution in [0, 0.1) is 0 Å². The minimum absolute atomic E-state index is 0.163. The van der Waals surface area contributed by atoms with Crippen LogP contribution in [0.5, 0.6) is 0 Å². The van der Waals surface area contributed by atoms with Gasteiger partial charge in [-0.2, -0.15) is 5.10 Å². The second kappa shape index (κ2) is 19.2. The molecule has 1 aromatic heterocycles. The number of ketones is 2. The molecule has 0 aliphatic heterocycles. The minimum Gasteiger partial charge on any atom is -0.462 e. The van der Waals surface area contributed by atoms with E-state index in [0.717, 1.165) is 44.3 Å². The number of alkyl halides is 1. The zero-order valence-corrected chi connectivity index (χ0v) is 40.5. The monoisotopic (exact) mass is 924 g/mol. The number of carbonyl (C=O) groups is 4. The zero-order valence-electron chi connectivity index (χ0n) is 38.9. The van der Waals surface area contributed by atoms with E-state index in [0.29, 0.717) is 43.7 Å². The number of rotatable bonds is 11. The van der Waals surface area contributed by atoms with Crippen LogP contribution in [-0.2, 0) is 52.6 Å². The Balaban J connectivity index is 0.000000214. The van der Waals surface area contributed by atoms with Gasteiger partial charge in [0, 0.05) is 41.4 Å². The average Bonchev–Trinajstić information content (AvgIpc) is 3.77. The van der Waals surface area contributed by atoms with Crippen LogP contribution in [0.3, 0.4) is 0 Å². The summed E-state index contributed by atoms with van der Waals surface area (Å²) in [5, 5.41) is 5.14. The first kappa shape index (κ1) is 47.8. The Kier molecular flexibility index (Phi) is 14.3. The van der Waals surface area contributed by atoms with Crippen LogP contribution in [0.1, 0.15) is 158 Å². The molecule has 0 saturated heterocycles. The highest BCUT2D eigenvalue weighted by Crippen LogP contribution is 2.46. The number of aromatic nitrogens is 2. The quantitative estimate of drug-likeness (QED) is 0.0738. The predicted octanol–water partition coefficient (Wildman–Crippen LogP) is 12.3. The number of halogens is 1. The fourth-order valence-corrected chi connectivity index (χ4v) is 9.09. The Morgan fingerprint density at radius 2 is 1.05 bits per heavy atom. The summed E-state index contributed by atoms with van der Waals surface area (Å²) in [6, 6.07) is 25.5. The molecule has 1 heterocycles. The normalized spacial score (nSPS) is 16.7. The maximum Gasteiger partial charge on any atom is 0.338 e. The van der Waals surface area contributed by atoms with Crippen LogP contribution in [-0.4, -0.2) is 46.5 Å². The predicted molar refractivity (Wildman–Crippen MR) is 261 cm³/mol. The summed E-state index contributed by atoms with van der Waals surface area (Å²) in [6.45, 7) is 21.7. The van der Waals surface area contributed by atoms with Gasteiger partial charge in [0.25, 0.3) is 0 Å². The van der Waals surface area contributed by atoms with E-state index in [4.69, 9.17) is 9.47 Å². The molecule has 0 fully saturated rings. The molecule has 4 aromatic carbocycles. The number of benzene rings is 4. The van der Waals surface area contributed by atoms with E-state index >= 15 is 0 Å². The van der Waals surface area contributed by atoms with Crippen LogP contribution in [0.2, 0.25) is 0 Å². The summed E-state index contributed by atoms with van der Waals surface area (Å²) in [5.41, 5.74) is 10.9. The summed E-state index contributed by atoms with van der Waals surface area (Å²) >= 11 is 3.63. The van der Waals surface area contributed by atoms with Crippen molar-refractivity contribution in [1.82, 2.24) is 9.78 Å². The summed E-state index contributed by atoms with van der Waals surface area (Å²) in [6.07, 6.45) is 13.1. The highest BCUT2D eigenvalue weighted by molar-refractivity contribution is 9.08. The van der Waals surface area contributed by atoms with Crippen molar-refractivity contribution in [2.24, 2.45) is 0 Å². The van der Waals surface area contributed by atoms with Crippen LogP contribution in [0.15, 0.2) is 91.3 Å². The Morgan fingerprint density at radius 1 is 0.625 bits per heavy atom. The SMILES string of the molecule is CCOC(=O)c1ccc(/C=C/c2cc3c(cc2CBr)C(C)(C)CC(=O)C3(C)C)cc1.CCOC(=O)c1ccc(/C=C/c2cc3c(cc2Cn2cccn2)C(C)(C)CC(=O)C3(C)C)cc1. The average molecular weight is 926 g/mol. The molecule has 2 aliphatic rings. The van der Waals surface area contributed by atoms with E-state index < -0.39 is 10.8 Å². The molecule has 0 saturated carbocycles. The fraction of sp³-hybridized carbons (Fsp3) is 0.364. The zero-order chi connectivity index (χ0) is 46.6. The fourth-order valence-electron chi connectivity index (χ4n) is 8.61. The maximum absolute atomic E-state index is 13.0. The molecule has 334 valence electrons. The number of Topliss-reactive ketones (excluding diaryl/α,β-unsaturated/α-hetero) is 2. The van der Waals surface area contributed by atoms with Gasteiger partial charge in [0.15, 0.2) is 0 Å². The van der Waals surface area contributed by atoms with Gasteiger partial charge >= 0.3 is 11.9 Å². The molecule has 5 aromatic rings. The van der Waals surface area contributed by atoms with Crippen molar-refractivity contribution in [1.29, 1.82) is 0 Å². The van der Waals surface area contributed by atoms with Crippen molar-refractivity contribution in [3.63, 3.8) is 0 Å². The summed E-state index contributed by atoms with van der Waals surface area (Å²) in [4.78, 5) is 49.6. The first-order valence-electron chi connectivity index (χ1n) is 22.1. The van der Waals surface area contributed by atoms with Crippen LogP contribution in [0.25, 0.3) is 24.3 Å². The molecule has 7 rings (SSSR count). The van der Waals surface area contributed by atoms with Gasteiger partial charge < -0.3 is 9.47 Å². The van der Waals surface area contributed by atoms with Gasteiger partial charge in [-0.25, -0.2) is 9.59 Å². The molecule has 8 nitrogen and oxygen atoms in total. The largest absolute Gasteiger partial charge is 0.462 e. The third-order valence-corrected chi connectivity index (χ3v) is 13.4. The molecule has 0 N–H and O–H groups in total. The first-order chi connectivity index (χ1) is 30.2. The van der Waals surface area contributed by atoms with Gasteiger partial charge in [-0.1, -0.05) is 116 Å². The molecule has 0 spiro atoms. The molecule has 0 unspecified atom stereocenters. The highest BCUT2D eigenvalue weighted by atomic mass is 79.9. The third-order valence-electron chi connectivity index (χ3n) is 12.8. The Labute approximate surface area is 387 Å².